The van der Waals surface area contributed by atoms with Crippen molar-refractivity contribution in [2.45, 2.75) is 85.7 Å². The maximum atomic E-state index is 12.1. The van der Waals surface area contributed by atoms with Crippen molar-refractivity contribution in [3.05, 3.63) is 28.8 Å². The molecule has 136 valence electrons. The first-order chi connectivity index (χ1) is 10.9. The Kier molecular flexibility index (Phi) is 6.49. The molecule has 0 atom stereocenters. The van der Waals surface area contributed by atoms with Gasteiger partial charge in [-0.15, -0.1) is 0 Å². The SMILES string of the molecule is CCOc1c(C(C)(C)C)cc(CC(=O)OC(C)C)cc1C(C)(C)C. The minimum absolute atomic E-state index is 0.0670. The van der Waals surface area contributed by atoms with Gasteiger partial charge in [0.2, 0.25) is 0 Å². The topological polar surface area (TPSA) is 35.5 Å². The summed E-state index contributed by atoms with van der Waals surface area (Å²) < 4.78 is 11.3. The Bertz CT molecular complexity index is 537. The number of hydrogen-bond donors (Lipinski definition) is 0. The van der Waals surface area contributed by atoms with Crippen LogP contribution in [0.25, 0.3) is 0 Å². The molecule has 0 amide bonds. The summed E-state index contributed by atoms with van der Waals surface area (Å²) in [5.41, 5.74) is 3.14. The van der Waals surface area contributed by atoms with Crippen molar-refractivity contribution in [2.24, 2.45) is 0 Å². The second kappa shape index (κ2) is 7.58. The van der Waals surface area contributed by atoms with E-state index in [-0.39, 0.29) is 29.3 Å². The predicted molar refractivity (Wildman–Crippen MR) is 99.9 cm³/mol. The van der Waals surface area contributed by atoms with E-state index in [9.17, 15) is 4.79 Å². The first-order valence-electron chi connectivity index (χ1n) is 8.86. The Labute approximate surface area is 147 Å². The summed E-state index contributed by atoms with van der Waals surface area (Å²) in [7, 11) is 0. The van der Waals surface area contributed by atoms with E-state index >= 15 is 0 Å². The van der Waals surface area contributed by atoms with Gasteiger partial charge in [0.05, 0.1) is 19.1 Å². The molecule has 24 heavy (non-hydrogen) atoms. The lowest BCUT2D eigenvalue weighted by atomic mass is 9.78. The Morgan fingerprint density at radius 3 is 1.79 bits per heavy atom. The molecule has 0 radical (unpaired) electrons. The van der Waals surface area contributed by atoms with E-state index in [0.29, 0.717) is 6.61 Å². The van der Waals surface area contributed by atoms with Crippen LogP contribution in [0.15, 0.2) is 12.1 Å². The average Bonchev–Trinajstić information content (AvgIpc) is 2.36. The maximum absolute atomic E-state index is 12.1. The first-order valence-corrected chi connectivity index (χ1v) is 8.86. The van der Waals surface area contributed by atoms with Crippen LogP contribution in [0.3, 0.4) is 0 Å². The van der Waals surface area contributed by atoms with E-state index in [0.717, 1.165) is 22.4 Å². The molecule has 1 aromatic carbocycles. The fourth-order valence-electron chi connectivity index (χ4n) is 2.68. The van der Waals surface area contributed by atoms with Crippen LogP contribution in [-0.2, 0) is 26.8 Å². The van der Waals surface area contributed by atoms with Crippen molar-refractivity contribution in [1.82, 2.24) is 0 Å². The van der Waals surface area contributed by atoms with E-state index in [2.05, 4.69) is 53.7 Å². The molecule has 0 unspecified atom stereocenters. The molecule has 1 aromatic rings. The molecule has 0 bridgehead atoms. The third-order valence-electron chi connectivity index (χ3n) is 3.77. The molecule has 0 aromatic heterocycles. The lowest BCUT2D eigenvalue weighted by molar-refractivity contribution is -0.146. The van der Waals surface area contributed by atoms with Gasteiger partial charge >= 0.3 is 5.97 Å². The molecule has 0 aliphatic heterocycles. The molecule has 0 heterocycles. The molecule has 3 nitrogen and oxygen atoms in total. The fourth-order valence-corrected chi connectivity index (χ4v) is 2.68. The normalized spacial score (nSPS) is 12.4. The maximum Gasteiger partial charge on any atom is 0.310 e. The fraction of sp³-hybridized carbons (Fsp3) is 0.667. The standard InChI is InChI=1S/C21H34O3/c1-10-23-19-16(20(4,5)6)11-15(12-17(19)21(7,8)9)13-18(22)24-14(2)3/h11-12,14H,10,13H2,1-9H3. The van der Waals surface area contributed by atoms with Crippen LogP contribution in [0.2, 0.25) is 0 Å². The quantitative estimate of drug-likeness (QED) is 0.696. The minimum Gasteiger partial charge on any atom is -0.493 e. The number of esters is 1. The molecule has 0 fully saturated rings. The molecular formula is C21H34O3. The summed E-state index contributed by atoms with van der Waals surface area (Å²) in [6.45, 7) is 19.4. The summed E-state index contributed by atoms with van der Waals surface area (Å²) in [6, 6.07) is 4.20. The van der Waals surface area contributed by atoms with Crippen LogP contribution in [0.4, 0.5) is 0 Å². The Hall–Kier alpha value is -1.51. The Morgan fingerprint density at radius 2 is 1.46 bits per heavy atom. The molecule has 0 saturated heterocycles. The van der Waals surface area contributed by atoms with Gasteiger partial charge in [-0.1, -0.05) is 53.7 Å². The zero-order chi connectivity index (χ0) is 18.7. The summed E-state index contributed by atoms with van der Waals surface area (Å²) in [6.07, 6.45) is 0.195. The van der Waals surface area contributed by atoms with Gasteiger partial charge in [-0.25, -0.2) is 0 Å². The van der Waals surface area contributed by atoms with Gasteiger partial charge in [-0.2, -0.15) is 0 Å². The van der Waals surface area contributed by atoms with Crippen molar-refractivity contribution < 1.29 is 14.3 Å². The lowest BCUT2D eigenvalue weighted by Crippen LogP contribution is -2.21. The molecule has 0 N–H and O–H groups in total. The molecule has 0 spiro atoms. The zero-order valence-corrected chi connectivity index (χ0v) is 16.9. The van der Waals surface area contributed by atoms with Gasteiger partial charge in [-0.3, -0.25) is 4.79 Å². The third-order valence-corrected chi connectivity index (χ3v) is 3.77. The summed E-state index contributed by atoms with van der Waals surface area (Å²) >= 11 is 0. The Morgan fingerprint density at radius 1 is 1.00 bits per heavy atom. The zero-order valence-electron chi connectivity index (χ0n) is 16.9. The second-order valence-electron chi connectivity index (χ2n) is 8.67. The second-order valence-corrected chi connectivity index (χ2v) is 8.67. The van der Waals surface area contributed by atoms with Gasteiger partial charge in [0.1, 0.15) is 5.75 Å². The number of carbonyl (C=O) groups excluding carboxylic acids is 1. The van der Waals surface area contributed by atoms with Crippen LogP contribution >= 0.6 is 0 Å². The van der Waals surface area contributed by atoms with Gasteiger partial charge in [0.25, 0.3) is 0 Å². The largest absolute Gasteiger partial charge is 0.493 e. The van der Waals surface area contributed by atoms with Crippen molar-refractivity contribution in [1.29, 1.82) is 0 Å². The molecular weight excluding hydrogens is 300 g/mol. The van der Waals surface area contributed by atoms with Gasteiger partial charge < -0.3 is 9.47 Å². The monoisotopic (exact) mass is 334 g/mol. The third kappa shape index (κ3) is 5.54. The van der Waals surface area contributed by atoms with E-state index in [1.807, 2.05) is 20.8 Å². The van der Waals surface area contributed by atoms with Crippen LogP contribution in [-0.4, -0.2) is 18.7 Å². The predicted octanol–water partition coefficient (Wildman–Crippen LogP) is 5.17. The smallest absolute Gasteiger partial charge is 0.310 e. The number of ether oxygens (including phenoxy) is 2. The lowest BCUT2D eigenvalue weighted by Gasteiger charge is -2.30. The van der Waals surface area contributed by atoms with Crippen LogP contribution < -0.4 is 4.74 Å². The number of hydrogen-bond acceptors (Lipinski definition) is 3. The number of carbonyl (C=O) groups is 1. The average molecular weight is 335 g/mol. The van der Waals surface area contributed by atoms with E-state index in [4.69, 9.17) is 9.47 Å². The highest BCUT2D eigenvalue weighted by atomic mass is 16.5. The molecule has 1 rings (SSSR count). The van der Waals surface area contributed by atoms with Crippen LogP contribution in [0, 0.1) is 0 Å². The van der Waals surface area contributed by atoms with E-state index in [1.54, 1.807) is 0 Å². The van der Waals surface area contributed by atoms with Gasteiger partial charge in [-0.05, 0) is 37.2 Å². The van der Waals surface area contributed by atoms with E-state index in [1.165, 1.54) is 0 Å². The first kappa shape index (κ1) is 20.5. The highest BCUT2D eigenvalue weighted by Gasteiger charge is 2.28. The number of rotatable bonds is 5. The summed E-state index contributed by atoms with van der Waals surface area (Å²) in [5, 5.41) is 0. The van der Waals surface area contributed by atoms with Crippen LogP contribution in [0.5, 0.6) is 5.75 Å². The molecule has 0 saturated carbocycles. The van der Waals surface area contributed by atoms with Crippen LogP contribution in [0.1, 0.15) is 79.0 Å². The minimum atomic E-state index is -0.186. The highest BCUT2D eigenvalue weighted by molar-refractivity contribution is 5.73. The van der Waals surface area contributed by atoms with Gasteiger partial charge in [0, 0.05) is 11.1 Å². The van der Waals surface area contributed by atoms with Crippen molar-refractivity contribution >= 4 is 5.97 Å². The van der Waals surface area contributed by atoms with E-state index < -0.39 is 0 Å². The molecule has 3 heteroatoms. The van der Waals surface area contributed by atoms with Gasteiger partial charge in [0.15, 0.2) is 0 Å². The molecule has 0 aliphatic carbocycles. The molecule has 0 aliphatic rings. The summed E-state index contributed by atoms with van der Waals surface area (Å²) in [5.74, 6) is 0.771. The Balaban J connectivity index is 3.45. The summed E-state index contributed by atoms with van der Waals surface area (Å²) in [4.78, 5) is 12.1. The van der Waals surface area contributed by atoms with Crippen molar-refractivity contribution in [3.63, 3.8) is 0 Å². The van der Waals surface area contributed by atoms with Crippen molar-refractivity contribution in [2.75, 3.05) is 6.61 Å². The van der Waals surface area contributed by atoms with Crippen molar-refractivity contribution in [3.8, 4) is 5.75 Å². The highest BCUT2D eigenvalue weighted by Crippen LogP contribution is 2.40. The number of benzene rings is 1.